The fourth-order valence-electron chi connectivity index (χ4n) is 3.62. The third-order valence-electron chi connectivity index (χ3n) is 5.19. The maximum atomic E-state index is 10.5. The molecule has 130 valence electrons. The molecule has 0 bridgehead atoms. The summed E-state index contributed by atoms with van der Waals surface area (Å²) in [6, 6.07) is 0. The lowest BCUT2D eigenvalue weighted by atomic mass is 9.62. The number of aliphatic carboxylic acids is 1. The number of halogens is 1. The van der Waals surface area contributed by atoms with Gasteiger partial charge in [0.1, 0.15) is 0 Å². The predicted octanol–water partition coefficient (Wildman–Crippen LogP) is 4.79. The van der Waals surface area contributed by atoms with Gasteiger partial charge >= 0.3 is 5.97 Å². The molecule has 0 aromatic carbocycles. The minimum absolute atomic E-state index is 0. The molecular weight excluding hydrogens is 298 g/mol. The maximum Gasteiger partial charge on any atom is 0.303 e. The molecule has 1 rings (SSSR count). The second kappa shape index (κ2) is 9.57. The third-order valence-corrected chi connectivity index (χ3v) is 5.19. The molecule has 3 nitrogen and oxygen atoms in total. The molecule has 0 amide bonds. The molecular formula is C18H34ClNO2. The molecule has 0 spiro atoms. The zero-order valence-electron chi connectivity index (χ0n) is 14.4. The highest BCUT2D eigenvalue weighted by molar-refractivity contribution is 5.85. The summed E-state index contributed by atoms with van der Waals surface area (Å²) in [5, 5.41) is 8.65. The first-order valence-electron chi connectivity index (χ1n) is 8.36. The van der Waals surface area contributed by atoms with Gasteiger partial charge < -0.3 is 10.8 Å². The molecule has 1 aliphatic carbocycles. The van der Waals surface area contributed by atoms with Crippen LogP contribution in [-0.4, -0.2) is 17.6 Å². The Kier molecular flexibility index (Phi) is 9.33. The molecule has 0 heterocycles. The second-order valence-corrected chi connectivity index (χ2v) is 7.79. The van der Waals surface area contributed by atoms with Crippen molar-refractivity contribution in [1.29, 1.82) is 0 Å². The van der Waals surface area contributed by atoms with Crippen molar-refractivity contribution in [2.75, 3.05) is 6.54 Å². The van der Waals surface area contributed by atoms with Gasteiger partial charge in [0.25, 0.3) is 0 Å². The molecule has 4 heteroatoms. The second-order valence-electron chi connectivity index (χ2n) is 7.79. The zero-order chi connectivity index (χ0) is 15.9. The van der Waals surface area contributed by atoms with Gasteiger partial charge in [0, 0.05) is 6.42 Å². The lowest BCUT2D eigenvalue weighted by Crippen LogP contribution is -2.33. The first kappa shape index (κ1) is 21.5. The van der Waals surface area contributed by atoms with Crippen LogP contribution in [0.15, 0.2) is 12.2 Å². The molecule has 1 aliphatic rings. The maximum absolute atomic E-state index is 10.5. The van der Waals surface area contributed by atoms with E-state index < -0.39 is 5.97 Å². The van der Waals surface area contributed by atoms with E-state index >= 15 is 0 Å². The Labute approximate surface area is 142 Å². The van der Waals surface area contributed by atoms with Crippen LogP contribution < -0.4 is 5.73 Å². The van der Waals surface area contributed by atoms with Gasteiger partial charge in [0.05, 0.1) is 0 Å². The molecule has 0 aliphatic heterocycles. The smallest absolute Gasteiger partial charge is 0.303 e. The Morgan fingerprint density at radius 2 is 1.86 bits per heavy atom. The first-order valence-corrected chi connectivity index (χ1v) is 8.36. The lowest BCUT2D eigenvalue weighted by molar-refractivity contribution is -0.136. The molecule has 0 unspecified atom stereocenters. The molecule has 0 radical (unpaired) electrons. The Hall–Kier alpha value is -0.540. The van der Waals surface area contributed by atoms with Crippen LogP contribution in [0.3, 0.4) is 0 Å². The molecule has 22 heavy (non-hydrogen) atoms. The van der Waals surface area contributed by atoms with Crippen LogP contribution in [0.5, 0.6) is 0 Å². The van der Waals surface area contributed by atoms with E-state index in [4.69, 9.17) is 10.8 Å². The van der Waals surface area contributed by atoms with E-state index in [9.17, 15) is 4.79 Å². The summed E-state index contributed by atoms with van der Waals surface area (Å²) < 4.78 is 0. The SMILES string of the molecule is CC(C)(C)C1CCC(CC=CCCC(=O)O)(CCN)CC1.Cl. The first-order chi connectivity index (χ1) is 9.79. The average molecular weight is 332 g/mol. The summed E-state index contributed by atoms with van der Waals surface area (Å²) >= 11 is 0. The number of rotatable bonds is 7. The Balaban J connectivity index is 0.00000441. The fraction of sp³-hybridized carbons (Fsp3) is 0.833. The standard InChI is InChI=1S/C18H33NO2.ClH/c1-17(2,3)15-8-11-18(12-9-15,13-14-19)10-6-4-5-7-16(20)21;/h4,6,15H,5,7-14,19H2,1-3H3,(H,20,21);1H. The number of allylic oxidation sites excluding steroid dienone is 2. The van der Waals surface area contributed by atoms with Crippen LogP contribution in [0.25, 0.3) is 0 Å². The van der Waals surface area contributed by atoms with E-state index in [1.165, 1.54) is 25.7 Å². The topological polar surface area (TPSA) is 63.3 Å². The summed E-state index contributed by atoms with van der Waals surface area (Å²) in [5.74, 6) is 0.0985. The number of hydrogen-bond acceptors (Lipinski definition) is 2. The average Bonchev–Trinajstić information content (AvgIpc) is 2.38. The summed E-state index contributed by atoms with van der Waals surface area (Å²) in [7, 11) is 0. The predicted molar refractivity (Wildman–Crippen MR) is 95.4 cm³/mol. The van der Waals surface area contributed by atoms with Gasteiger partial charge in [-0.15, -0.1) is 12.4 Å². The van der Waals surface area contributed by atoms with E-state index in [0.29, 0.717) is 17.3 Å². The van der Waals surface area contributed by atoms with Gasteiger partial charge in [0.2, 0.25) is 0 Å². The zero-order valence-corrected chi connectivity index (χ0v) is 15.3. The minimum atomic E-state index is -0.720. The van der Waals surface area contributed by atoms with Crippen LogP contribution in [0.2, 0.25) is 0 Å². The van der Waals surface area contributed by atoms with Gasteiger partial charge in [0.15, 0.2) is 0 Å². The Bertz CT molecular complexity index is 353. The molecule has 1 fully saturated rings. The summed E-state index contributed by atoms with van der Waals surface area (Å²) in [4.78, 5) is 10.5. The summed E-state index contributed by atoms with van der Waals surface area (Å²) in [6.45, 7) is 7.79. The van der Waals surface area contributed by atoms with E-state index in [1.54, 1.807) is 0 Å². The van der Waals surface area contributed by atoms with Crippen molar-refractivity contribution in [2.45, 2.75) is 72.1 Å². The van der Waals surface area contributed by atoms with Crippen molar-refractivity contribution in [2.24, 2.45) is 22.5 Å². The highest BCUT2D eigenvalue weighted by Crippen LogP contribution is 2.48. The monoisotopic (exact) mass is 331 g/mol. The van der Waals surface area contributed by atoms with Gasteiger partial charge in [-0.05, 0) is 68.2 Å². The number of carbonyl (C=O) groups is 1. The molecule has 0 aromatic rings. The largest absolute Gasteiger partial charge is 0.481 e. The van der Waals surface area contributed by atoms with Gasteiger partial charge in [-0.2, -0.15) is 0 Å². The molecule has 1 saturated carbocycles. The highest BCUT2D eigenvalue weighted by atomic mass is 35.5. The number of carboxylic acid groups (broad SMARTS) is 1. The molecule has 0 aromatic heterocycles. The van der Waals surface area contributed by atoms with Gasteiger partial charge in [-0.25, -0.2) is 0 Å². The normalized spacial score (nSPS) is 25.9. The fourth-order valence-corrected chi connectivity index (χ4v) is 3.62. The summed E-state index contributed by atoms with van der Waals surface area (Å²) in [5.41, 5.74) is 6.60. The van der Waals surface area contributed by atoms with Crippen molar-refractivity contribution in [3.05, 3.63) is 12.2 Å². The van der Waals surface area contributed by atoms with Crippen molar-refractivity contribution in [3.8, 4) is 0 Å². The molecule has 3 N–H and O–H groups in total. The van der Waals surface area contributed by atoms with Crippen LogP contribution >= 0.6 is 12.4 Å². The van der Waals surface area contributed by atoms with E-state index in [1.807, 2.05) is 6.08 Å². The lowest BCUT2D eigenvalue weighted by Gasteiger charge is -2.44. The highest BCUT2D eigenvalue weighted by Gasteiger charge is 2.37. The molecule has 0 saturated heterocycles. The van der Waals surface area contributed by atoms with Crippen LogP contribution in [0, 0.1) is 16.7 Å². The molecule has 0 atom stereocenters. The quantitative estimate of drug-likeness (QED) is 0.659. The number of nitrogens with two attached hydrogens (primary N) is 1. The van der Waals surface area contributed by atoms with Crippen LogP contribution in [-0.2, 0) is 4.79 Å². The van der Waals surface area contributed by atoms with E-state index in [2.05, 4.69) is 26.8 Å². The Morgan fingerprint density at radius 3 is 2.32 bits per heavy atom. The van der Waals surface area contributed by atoms with Crippen molar-refractivity contribution < 1.29 is 9.90 Å². The minimum Gasteiger partial charge on any atom is -0.481 e. The third kappa shape index (κ3) is 7.15. The van der Waals surface area contributed by atoms with E-state index in [-0.39, 0.29) is 18.8 Å². The van der Waals surface area contributed by atoms with Gasteiger partial charge in [-0.1, -0.05) is 32.9 Å². The van der Waals surface area contributed by atoms with Crippen molar-refractivity contribution >= 4 is 18.4 Å². The number of carboxylic acids is 1. The van der Waals surface area contributed by atoms with Crippen molar-refractivity contribution in [3.63, 3.8) is 0 Å². The Morgan fingerprint density at radius 1 is 1.27 bits per heavy atom. The van der Waals surface area contributed by atoms with Gasteiger partial charge in [-0.3, -0.25) is 4.79 Å². The van der Waals surface area contributed by atoms with E-state index in [0.717, 1.165) is 25.3 Å². The summed E-state index contributed by atoms with van der Waals surface area (Å²) in [6.07, 6.45) is 12.3. The van der Waals surface area contributed by atoms with Crippen molar-refractivity contribution in [1.82, 2.24) is 0 Å². The van der Waals surface area contributed by atoms with Crippen LogP contribution in [0.1, 0.15) is 72.1 Å². The number of hydrogen-bond donors (Lipinski definition) is 2. The van der Waals surface area contributed by atoms with Crippen LogP contribution in [0.4, 0.5) is 0 Å².